The standard InChI is InChI=1S/C8H11N5S/c1-5(2)13-4-10-3-6(13)7-11-8(9)14-12-7/h3-5H,1-2H3,(H2,9,11,12). The molecular formula is C8H11N5S. The molecule has 0 bridgehead atoms. The van der Waals surface area contributed by atoms with E-state index in [1.807, 2.05) is 4.57 Å². The Morgan fingerprint density at radius 2 is 2.29 bits per heavy atom. The van der Waals surface area contributed by atoms with Crippen LogP contribution >= 0.6 is 11.5 Å². The van der Waals surface area contributed by atoms with Gasteiger partial charge in [-0.2, -0.15) is 9.36 Å². The molecule has 0 aliphatic rings. The lowest BCUT2D eigenvalue weighted by molar-refractivity contribution is 0.604. The topological polar surface area (TPSA) is 69.6 Å². The Morgan fingerprint density at radius 1 is 1.50 bits per heavy atom. The van der Waals surface area contributed by atoms with E-state index in [1.165, 1.54) is 11.5 Å². The Labute approximate surface area is 85.8 Å². The van der Waals surface area contributed by atoms with Crippen LogP contribution in [-0.2, 0) is 0 Å². The van der Waals surface area contributed by atoms with E-state index in [2.05, 4.69) is 28.2 Å². The van der Waals surface area contributed by atoms with Crippen LogP contribution in [-0.4, -0.2) is 18.9 Å². The summed E-state index contributed by atoms with van der Waals surface area (Å²) in [6, 6.07) is 0.345. The zero-order valence-corrected chi connectivity index (χ0v) is 8.82. The summed E-state index contributed by atoms with van der Waals surface area (Å²) < 4.78 is 6.16. The molecule has 0 spiro atoms. The maximum Gasteiger partial charge on any atom is 0.200 e. The van der Waals surface area contributed by atoms with Gasteiger partial charge in [0.2, 0.25) is 0 Å². The van der Waals surface area contributed by atoms with Crippen molar-refractivity contribution in [3.63, 3.8) is 0 Å². The van der Waals surface area contributed by atoms with Crippen LogP contribution in [0.2, 0.25) is 0 Å². The Balaban J connectivity index is 2.46. The van der Waals surface area contributed by atoms with Crippen LogP contribution in [0.15, 0.2) is 12.5 Å². The Bertz CT molecular complexity index is 430. The molecule has 0 radical (unpaired) electrons. The second kappa shape index (κ2) is 3.38. The highest BCUT2D eigenvalue weighted by Crippen LogP contribution is 2.21. The van der Waals surface area contributed by atoms with Gasteiger partial charge >= 0.3 is 0 Å². The summed E-state index contributed by atoms with van der Waals surface area (Å²) in [6.45, 7) is 4.17. The third-order valence-corrected chi connectivity index (χ3v) is 2.44. The van der Waals surface area contributed by atoms with Crippen molar-refractivity contribution in [2.45, 2.75) is 19.9 Å². The molecule has 2 heterocycles. The van der Waals surface area contributed by atoms with Crippen LogP contribution in [0.25, 0.3) is 11.5 Å². The third kappa shape index (κ3) is 1.48. The lowest BCUT2D eigenvalue weighted by Gasteiger charge is -2.08. The number of imidazole rings is 1. The van der Waals surface area contributed by atoms with Crippen LogP contribution in [0, 0.1) is 0 Å². The number of hydrogen-bond acceptors (Lipinski definition) is 5. The first kappa shape index (κ1) is 9.14. The fourth-order valence-corrected chi connectivity index (χ4v) is 1.67. The van der Waals surface area contributed by atoms with Gasteiger partial charge in [0.1, 0.15) is 5.69 Å². The number of nitrogen functional groups attached to an aromatic ring is 1. The molecule has 2 rings (SSSR count). The predicted molar refractivity (Wildman–Crippen MR) is 55.9 cm³/mol. The predicted octanol–water partition coefficient (Wildman–Crippen LogP) is 1.56. The van der Waals surface area contributed by atoms with Gasteiger partial charge in [-0.15, -0.1) is 0 Å². The molecule has 0 aliphatic carbocycles. The van der Waals surface area contributed by atoms with Gasteiger partial charge < -0.3 is 10.3 Å². The average molecular weight is 209 g/mol. The van der Waals surface area contributed by atoms with E-state index in [-0.39, 0.29) is 0 Å². The number of aromatic nitrogens is 4. The molecule has 2 aromatic heterocycles. The zero-order chi connectivity index (χ0) is 10.1. The summed E-state index contributed by atoms with van der Waals surface area (Å²) in [5, 5.41) is 0.483. The SMILES string of the molecule is CC(C)n1cncc1-c1nsc(N)n1. The average Bonchev–Trinajstić information content (AvgIpc) is 2.70. The highest BCUT2D eigenvalue weighted by Gasteiger charge is 2.11. The van der Waals surface area contributed by atoms with E-state index in [0.717, 1.165) is 5.69 Å². The maximum atomic E-state index is 5.53. The third-order valence-electron chi connectivity index (χ3n) is 1.89. The molecule has 6 heteroatoms. The van der Waals surface area contributed by atoms with Crippen molar-refractivity contribution >= 4 is 16.7 Å². The molecule has 0 aromatic carbocycles. The number of rotatable bonds is 2. The minimum Gasteiger partial charge on any atom is -0.374 e. The van der Waals surface area contributed by atoms with Crippen molar-refractivity contribution in [1.82, 2.24) is 18.9 Å². The van der Waals surface area contributed by atoms with E-state index in [1.54, 1.807) is 12.5 Å². The summed E-state index contributed by atoms with van der Waals surface area (Å²) in [6.07, 6.45) is 3.53. The lowest BCUT2D eigenvalue weighted by Crippen LogP contribution is -2.01. The van der Waals surface area contributed by atoms with Crippen LogP contribution in [0.3, 0.4) is 0 Å². The molecule has 0 atom stereocenters. The van der Waals surface area contributed by atoms with Gasteiger partial charge in [0.05, 0.1) is 12.5 Å². The van der Waals surface area contributed by atoms with Gasteiger partial charge in [-0.3, -0.25) is 0 Å². The van der Waals surface area contributed by atoms with Crippen LogP contribution in [0.1, 0.15) is 19.9 Å². The summed E-state index contributed by atoms with van der Waals surface area (Å²) in [4.78, 5) is 8.20. The van der Waals surface area contributed by atoms with Gasteiger partial charge in [-0.05, 0) is 13.8 Å². The summed E-state index contributed by atoms with van der Waals surface area (Å²) in [7, 11) is 0. The second-order valence-electron chi connectivity index (χ2n) is 3.24. The van der Waals surface area contributed by atoms with E-state index in [0.29, 0.717) is 17.0 Å². The van der Waals surface area contributed by atoms with Crippen molar-refractivity contribution in [2.24, 2.45) is 0 Å². The van der Waals surface area contributed by atoms with Gasteiger partial charge in [-0.25, -0.2) is 4.98 Å². The molecule has 2 aromatic rings. The fourth-order valence-electron chi connectivity index (χ4n) is 1.23. The van der Waals surface area contributed by atoms with Gasteiger partial charge in [0.25, 0.3) is 0 Å². The molecule has 0 fully saturated rings. The Morgan fingerprint density at radius 3 is 2.86 bits per heavy atom. The summed E-state index contributed by atoms with van der Waals surface area (Å²) >= 11 is 1.20. The normalized spacial score (nSPS) is 11.1. The molecule has 0 amide bonds. The summed E-state index contributed by atoms with van der Waals surface area (Å²) in [5.74, 6) is 0.652. The molecule has 14 heavy (non-hydrogen) atoms. The molecule has 0 saturated carbocycles. The number of hydrogen-bond donors (Lipinski definition) is 1. The molecule has 0 saturated heterocycles. The number of nitrogens with zero attached hydrogens (tertiary/aromatic N) is 4. The van der Waals surface area contributed by atoms with Crippen molar-refractivity contribution in [3.8, 4) is 11.5 Å². The second-order valence-corrected chi connectivity index (χ2v) is 4.02. The zero-order valence-electron chi connectivity index (χ0n) is 8.01. The molecular weight excluding hydrogens is 198 g/mol. The van der Waals surface area contributed by atoms with Crippen LogP contribution in [0.5, 0.6) is 0 Å². The fraction of sp³-hybridized carbons (Fsp3) is 0.375. The van der Waals surface area contributed by atoms with E-state index in [4.69, 9.17) is 5.73 Å². The van der Waals surface area contributed by atoms with Crippen LogP contribution in [0.4, 0.5) is 5.13 Å². The quantitative estimate of drug-likeness (QED) is 0.815. The van der Waals surface area contributed by atoms with Crippen molar-refractivity contribution in [3.05, 3.63) is 12.5 Å². The lowest BCUT2D eigenvalue weighted by atomic mass is 10.3. The summed E-state index contributed by atoms with van der Waals surface area (Å²) in [5.41, 5.74) is 6.44. The Kier molecular flexibility index (Phi) is 2.20. The van der Waals surface area contributed by atoms with Crippen molar-refractivity contribution in [1.29, 1.82) is 0 Å². The molecule has 2 N–H and O–H groups in total. The number of anilines is 1. The van der Waals surface area contributed by atoms with Gasteiger partial charge in [0.15, 0.2) is 11.0 Å². The molecule has 5 nitrogen and oxygen atoms in total. The van der Waals surface area contributed by atoms with E-state index in [9.17, 15) is 0 Å². The highest BCUT2D eigenvalue weighted by molar-refractivity contribution is 7.09. The number of nitrogens with two attached hydrogens (primary N) is 1. The maximum absolute atomic E-state index is 5.53. The van der Waals surface area contributed by atoms with Gasteiger partial charge in [-0.1, -0.05) is 0 Å². The largest absolute Gasteiger partial charge is 0.374 e. The van der Waals surface area contributed by atoms with E-state index < -0.39 is 0 Å². The first-order valence-electron chi connectivity index (χ1n) is 4.30. The van der Waals surface area contributed by atoms with E-state index >= 15 is 0 Å². The van der Waals surface area contributed by atoms with Crippen molar-refractivity contribution in [2.75, 3.05) is 5.73 Å². The minimum absolute atomic E-state index is 0.345. The molecule has 0 aliphatic heterocycles. The Hall–Kier alpha value is -1.43. The van der Waals surface area contributed by atoms with Crippen LogP contribution < -0.4 is 5.73 Å². The first-order valence-corrected chi connectivity index (χ1v) is 5.07. The molecule has 0 unspecified atom stereocenters. The van der Waals surface area contributed by atoms with Crippen molar-refractivity contribution < 1.29 is 0 Å². The molecule has 74 valence electrons. The minimum atomic E-state index is 0.345. The highest BCUT2D eigenvalue weighted by atomic mass is 32.1. The van der Waals surface area contributed by atoms with Gasteiger partial charge in [0, 0.05) is 17.6 Å². The smallest absolute Gasteiger partial charge is 0.200 e. The monoisotopic (exact) mass is 209 g/mol. The first-order chi connectivity index (χ1) is 6.68.